The third-order valence-electron chi connectivity index (χ3n) is 4.67. The Morgan fingerprint density at radius 1 is 0.889 bits per heavy atom. The fourth-order valence-electron chi connectivity index (χ4n) is 3.85. The number of aliphatic hydroxyl groups is 1. The van der Waals surface area contributed by atoms with E-state index < -0.39 is 26.1 Å². The number of ether oxygens (including phenoxy) is 1. The normalized spacial score (nSPS) is 63.2. The highest BCUT2D eigenvalue weighted by Crippen LogP contribution is 2.80. The summed E-state index contributed by atoms with van der Waals surface area (Å²) in [4.78, 5) is -2.67. The molecule has 0 aromatic rings. The van der Waals surface area contributed by atoms with E-state index in [0.29, 0.717) is 0 Å². The van der Waals surface area contributed by atoms with Crippen LogP contribution in [0.4, 0.5) is 0 Å². The Balaban J connectivity index is 2.01. The Kier molecular flexibility index (Phi) is 2.36. The average molecular weight is 371 g/mol. The van der Waals surface area contributed by atoms with Crippen molar-refractivity contribution in [3.05, 3.63) is 10.1 Å². The number of halogens is 6. The van der Waals surface area contributed by atoms with Crippen LogP contribution < -0.4 is 0 Å². The lowest BCUT2D eigenvalue weighted by Gasteiger charge is -2.35. The first-order chi connectivity index (χ1) is 8.20. The van der Waals surface area contributed by atoms with Crippen LogP contribution in [0.5, 0.6) is 0 Å². The van der Waals surface area contributed by atoms with Gasteiger partial charge in [-0.25, -0.2) is 0 Å². The lowest BCUT2D eigenvalue weighted by Crippen LogP contribution is -2.47. The molecule has 2 saturated carbocycles. The van der Waals surface area contributed by atoms with Crippen molar-refractivity contribution in [1.82, 2.24) is 0 Å². The van der Waals surface area contributed by atoms with Gasteiger partial charge in [0.05, 0.1) is 22.3 Å². The number of allylic oxidation sites excluding steroid dienone is 2. The second kappa shape index (κ2) is 3.25. The molecule has 5 unspecified atom stereocenters. The van der Waals surface area contributed by atoms with Crippen molar-refractivity contribution in [3.63, 3.8) is 0 Å². The molecule has 1 aliphatic heterocycles. The molecule has 100 valence electrons. The summed E-state index contributed by atoms with van der Waals surface area (Å²) in [7, 11) is 0. The molecular formula is C10H6Cl6O2. The average Bonchev–Trinajstić information content (AvgIpc) is 2.98. The molecule has 2 bridgehead atoms. The summed E-state index contributed by atoms with van der Waals surface area (Å²) >= 11 is 38.3. The van der Waals surface area contributed by atoms with Crippen LogP contribution in [-0.4, -0.2) is 37.5 Å². The number of alkyl halides is 4. The molecule has 8 heteroatoms. The first kappa shape index (κ1) is 13.1. The summed E-state index contributed by atoms with van der Waals surface area (Å²) in [6.45, 7) is 0. The summed E-state index contributed by atoms with van der Waals surface area (Å²) in [6.07, 6.45) is -1.26. The smallest absolute Gasteiger partial charge is 0.167 e. The van der Waals surface area contributed by atoms with Crippen LogP contribution in [0.1, 0.15) is 0 Å². The van der Waals surface area contributed by atoms with Gasteiger partial charge in [-0.1, -0.05) is 46.4 Å². The quantitative estimate of drug-likeness (QED) is 0.524. The zero-order chi connectivity index (χ0) is 13.2. The van der Waals surface area contributed by atoms with Crippen LogP contribution in [0.2, 0.25) is 0 Å². The van der Waals surface area contributed by atoms with Gasteiger partial charge >= 0.3 is 0 Å². The Morgan fingerprint density at radius 3 is 1.94 bits per heavy atom. The second-order valence-electron chi connectivity index (χ2n) is 5.23. The van der Waals surface area contributed by atoms with Gasteiger partial charge in [0.25, 0.3) is 0 Å². The van der Waals surface area contributed by atoms with E-state index in [1.54, 1.807) is 0 Å². The van der Waals surface area contributed by atoms with Gasteiger partial charge in [-0.2, -0.15) is 0 Å². The molecule has 0 radical (unpaired) electrons. The molecule has 1 saturated heterocycles. The number of aliphatic hydroxyl groups excluding tert-OH is 1. The highest BCUT2D eigenvalue weighted by molar-refractivity contribution is 6.65. The van der Waals surface area contributed by atoms with Crippen LogP contribution in [0, 0.1) is 11.8 Å². The predicted molar refractivity (Wildman–Crippen MR) is 72.0 cm³/mol. The van der Waals surface area contributed by atoms with E-state index in [1.165, 1.54) is 0 Å². The lowest BCUT2D eigenvalue weighted by atomic mass is 9.83. The van der Waals surface area contributed by atoms with Crippen LogP contribution in [0.15, 0.2) is 10.1 Å². The molecule has 4 rings (SSSR count). The van der Waals surface area contributed by atoms with Crippen molar-refractivity contribution >= 4 is 69.6 Å². The molecule has 0 aromatic carbocycles. The molecule has 3 aliphatic carbocycles. The molecule has 18 heavy (non-hydrogen) atoms. The molecule has 1 heterocycles. The number of fused-ring (bicyclic) bond motifs is 7. The van der Waals surface area contributed by atoms with Gasteiger partial charge < -0.3 is 9.84 Å². The number of hydrogen-bond acceptors (Lipinski definition) is 2. The Labute approximate surface area is 133 Å². The Hall–Kier alpha value is 1.40. The van der Waals surface area contributed by atoms with E-state index >= 15 is 0 Å². The van der Waals surface area contributed by atoms with Crippen molar-refractivity contribution in [2.45, 2.75) is 32.4 Å². The van der Waals surface area contributed by atoms with Gasteiger partial charge in [0, 0.05) is 11.8 Å². The standard InChI is InChI=1S/C10H6Cl6O2/c11-6-7(12)9(14)2-1(3(17)5-4(2)18-5)8(6,13)10(9,15)16/h1-5,17H/t1?,2?,3-,4?,5?,8-,9?/m1/s1. The summed E-state index contributed by atoms with van der Waals surface area (Å²) in [6, 6.07) is 0. The zero-order valence-electron chi connectivity index (χ0n) is 8.51. The molecule has 2 nitrogen and oxygen atoms in total. The SMILES string of the molecule is O[C@H]1C2OC2C2C1[C@@]1(Cl)C(Cl)=C(Cl)C2(Cl)C1(Cl)Cl. The van der Waals surface area contributed by atoms with Gasteiger partial charge in [0.15, 0.2) is 4.33 Å². The zero-order valence-corrected chi connectivity index (χ0v) is 13.0. The Bertz CT molecular complexity index is 479. The summed E-state index contributed by atoms with van der Waals surface area (Å²) in [5, 5.41) is 10.5. The molecule has 1 N–H and O–H groups in total. The Morgan fingerprint density at radius 2 is 1.39 bits per heavy atom. The number of hydrogen-bond donors (Lipinski definition) is 1. The van der Waals surface area contributed by atoms with E-state index in [1.807, 2.05) is 0 Å². The third kappa shape index (κ3) is 0.972. The van der Waals surface area contributed by atoms with E-state index in [9.17, 15) is 5.11 Å². The fraction of sp³-hybridized carbons (Fsp3) is 0.800. The molecule has 0 aromatic heterocycles. The van der Waals surface area contributed by atoms with Gasteiger partial charge in [-0.15, -0.1) is 23.2 Å². The predicted octanol–water partition coefficient (Wildman–Crippen LogP) is 3.21. The lowest BCUT2D eigenvalue weighted by molar-refractivity contribution is 0.0415. The van der Waals surface area contributed by atoms with Gasteiger partial charge in [-0.05, 0) is 0 Å². The van der Waals surface area contributed by atoms with Crippen LogP contribution in [0.25, 0.3) is 0 Å². The third-order valence-corrected chi connectivity index (χ3v) is 8.96. The van der Waals surface area contributed by atoms with Crippen molar-refractivity contribution < 1.29 is 9.84 Å². The topological polar surface area (TPSA) is 32.8 Å². The van der Waals surface area contributed by atoms with Crippen molar-refractivity contribution in [1.29, 1.82) is 0 Å². The summed E-state index contributed by atoms with van der Waals surface area (Å²) < 4.78 is 3.81. The minimum absolute atomic E-state index is 0.132. The first-order valence-corrected chi connectivity index (χ1v) is 7.63. The molecule has 7 atom stereocenters. The maximum atomic E-state index is 10.2. The van der Waals surface area contributed by atoms with Crippen LogP contribution in [-0.2, 0) is 4.74 Å². The van der Waals surface area contributed by atoms with Gasteiger partial charge in [0.2, 0.25) is 0 Å². The van der Waals surface area contributed by atoms with E-state index in [-0.39, 0.29) is 28.2 Å². The highest BCUT2D eigenvalue weighted by atomic mass is 35.5. The summed E-state index contributed by atoms with van der Waals surface area (Å²) in [5.74, 6) is -0.785. The monoisotopic (exact) mass is 368 g/mol. The molecule has 0 amide bonds. The maximum absolute atomic E-state index is 10.2. The largest absolute Gasteiger partial charge is 0.390 e. The fourth-order valence-corrected chi connectivity index (χ4v) is 6.91. The minimum atomic E-state index is -1.58. The first-order valence-electron chi connectivity index (χ1n) is 5.36. The number of epoxide rings is 1. The molecule has 3 fully saturated rings. The van der Waals surface area contributed by atoms with Crippen LogP contribution in [0.3, 0.4) is 0 Å². The minimum Gasteiger partial charge on any atom is -0.390 e. The van der Waals surface area contributed by atoms with Gasteiger partial charge in [-0.3, -0.25) is 0 Å². The van der Waals surface area contributed by atoms with E-state index in [0.717, 1.165) is 0 Å². The van der Waals surface area contributed by atoms with Gasteiger partial charge in [0.1, 0.15) is 15.9 Å². The molecule has 0 spiro atoms. The van der Waals surface area contributed by atoms with Crippen molar-refractivity contribution in [2.75, 3.05) is 0 Å². The molecular weight excluding hydrogens is 365 g/mol. The van der Waals surface area contributed by atoms with Crippen LogP contribution >= 0.6 is 69.6 Å². The number of rotatable bonds is 0. The van der Waals surface area contributed by atoms with Crippen molar-refractivity contribution in [3.8, 4) is 0 Å². The van der Waals surface area contributed by atoms with E-state index in [2.05, 4.69) is 0 Å². The summed E-state index contributed by atoms with van der Waals surface area (Å²) in [5.41, 5.74) is 0. The molecule has 4 aliphatic rings. The maximum Gasteiger partial charge on any atom is 0.167 e. The highest BCUT2D eigenvalue weighted by Gasteiger charge is 2.89. The van der Waals surface area contributed by atoms with E-state index in [4.69, 9.17) is 74.3 Å². The second-order valence-corrected chi connectivity index (χ2v) is 8.51. The van der Waals surface area contributed by atoms with Crippen molar-refractivity contribution in [2.24, 2.45) is 11.8 Å².